The number of nitrogens with zero attached hydrogens (tertiary/aromatic N) is 2. The van der Waals surface area contributed by atoms with Gasteiger partial charge in [0.1, 0.15) is 0 Å². The highest BCUT2D eigenvalue weighted by Gasteiger charge is 2.15. The average molecular weight is 345 g/mol. The first-order valence-electron chi connectivity index (χ1n) is 6.30. The van der Waals surface area contributed by atoms with E-state index >= 15 is 0 Å². The van der Waals surface area contributed by atoms with E-state index in [1.807, 2.05) is 24.3 Å². The molecule has 1 aliphatic rings. The highest BCUT2D eigenvalue weighted by atomic mass is 79.9. The fourth-order valence-electron chi connectivity index (χ4n) is 2.38. The van der Waals surface area contributed by atoms with Gasteiger partial charge in [-0.2, -0.15) is 0 Å². The molecule has 1 aliphatic heterocycles. The molecule has 3 aromatic rings. The minimum absolute atomic E-state index is 0.195. The first-order chi connectivity index (χ1) is 10.2. The molecule has 0 N–H and O–H groups in total. The van der Waals surface area contributed by atoms with Gasteiger partial charge in [-0.3, -0.25) is 9.36 Å². The SMILES string of the molecule is O=c1cnc2ccc(Br)cc2n1-c1ccc2c(c1)OCO2. The average Bonchev–Trinajstić information content (AvgIpc) is 2.94. The van der Waals surface area contributed by atoms with Gasteiger partial charge in [-0.25, -0.2) is 4.98 Å². The topological polar surface area (TPSA) is 53.4 Å². The Morgan fingerprint density at radius 2 is 1.95 bits per heavy atom. The molecule has 2 aromatic carbocycles. The Hall–Kier alpha value is -2.34. The number of aromatic nitrogens is 2. The van der Waals surface area contributed by atoms with E-state index in [2.05, 4.69) is 20.9 Å². The van der Waals surface area contributed by atoms with E-state index in [4.69, 9.17) is 9.47 Å². The van der Waals surface area contributed by atoms with Gasteiger partial charge in [-0.1, -0.05) is 15.9 Å². The molecule has 21 heavy (non-hydrogen) atoms. The van der Waals surface area contributed by atoms with Gasteiger partial charge in [-0.15, -0.1) is 0 Å². The third kappa shape index (κ3) is 1.99. The lowest BCUT2D eigenvalue weighted by Crippen LogP contribution is -2.18. The molecule has 2 heterocycles. The molecule has 0 unspecified atom stereocenters. The Morgan fingerprint density at radius 1 is 1.10 bits per heavy atom. The molecule has 0 saturated carbocycles. The molecule has 0 bridgehead atoms. The first kappa shape index (κ1) is 12.4. The number of ether oxygens (including phenoxy) is 2. The molecule has 0 aliphatic carbocycles. The molecule has 4 rings (SSSR count). The summed E-state index contributed by atoms with van der Waals surface area (Å²) in [6, 6.07) is 11.0. The summed E-state index contributed by atoms with van der Waals surface area (Å²) in [4.78, 5) is 16.4. The van der Waals surface area contributed by atoms with Gasteiger partial charge >= 0.3 is 0 Å². The summed E-state index contributed by atoms with van der Waals surface area (Å²) in [5.74, 6) is 1.32. The molecule has 0 amide bonds. The predicted molar refractivity (Wildman–Crippen MR) is 81.2 cm³/mol. The van der Waals surface area contributed by atoms with Crippen LogP contribution in [0.1, 0.15) is 0 Å². The summed E-state index contributed by atoms with van der Waals surface area (Å²) in [7, 11) is 0. The second-order valence-corrected chi connectivity index (χ2v) is 5.52. The van der Waals surface area contributed by atoms with Crippen LogP contribution in [0, 0.1) is 0 Å². The summed E-state index contributed by atoms with van der Waals surface area (Å²) in [5, 5.41) is 0. The van der Waals surface area contributed by atoms with Gasteiger partial charge in [-0.05, 0) is 30.3 Å². The van der Waals surface area contributed by atoms with Crippen molar-refractivity contribution in [2.45, 2.75) is 0 Å². The quantitative estimate of drug-likeness (QED) is 0.681. The highest BCUT2D eigenvalue weighted by Crippen LogP contribution is 2.34. The van der Waals surface area contributed by atoms with Crippen LogP contribution < -0.4 is 15.0 Å². The maximum absolute atomic E-state index is 12.3. The number of halogens is 1. The summed E-state index contributed by atoms with van der Waals surface area (Å²) in [6.45, 7) is 0.205. The molecule has 5 nitrogen and oxygen atoms in total. The number of fused-ring (bicyclic) bond motifs is 2. The largest absolute Gasteiger partial charge is 0.454 e. The van der Waals surface area contributed by atoms with Gasteiger partial charge in [0.2, 0.25) is 6.79 Å². The smallest absolute Gasteiger partial charge is 0.274 e. The van der Waals surface area contributed by atoms with Crippen molar-refractivity contribution < 1.29 is 9.47 Å². The van der Waals surface area contributed by atoms with Crippen LogP contribution in [-0.2, 0) is 0 Å². The lowest BCUT2D eigenvalue weighted by atomic mass is 10.2. The summed E-state index contributed by atoms with van der Waals surface area (Å²) >= 11 is 3.43. The van der Waals surface area contributed by atoms with Crippen LogP contribution in [-0.4, -0.2) is 16.3 Å². The zero-order valence-corrected chi connectivity index (χ0v) is 12.3. The maximum Gasteiger partial charge on any atom is 0.274 e. The fourth-order valence-corrected chi connectivity index (χ4v) is 2.73. The van der Waals surface area contributed by atoms with Crippen molar-refractivity contribution in [2.75, 3.05) is 6.79 Å². The van der Waals surface area contributed by atoms with E-state index in [-0.39, 0.29) is 12.4 Å². The minimum atomic E-state index is -0.195. The van der Waals surface area contributed by atoms with Crippen molar-refractivity contribution in [1.29, 1.82) is 0 Å². The Labute approximate surface area is 127 Å². The van der Waals surface area contributed by atoms with E-state index in [0.29, 0.717) is 11.5 Å². The van der Waals surface area contributed by atoms with Crippen LogP contribution in [0.4, 0.5) is 0 Å². The maximum atomic E-state index is 12.3. The summed E-state index contributed by atoms with van der Waals surface area (Å²) in [6.07, 6.45) is 1.32. The number of hydrogen-bond acceptors (Lipinski definition) is 4. The lowest BCUT2D eigenvalue weighted by Gasteiger charge is -2.10. The molecule has 0 fully saturated rings. The monoisotopic (exact) mass is 344 g/mol. The molecule has 0 atom stereocenters. The van der Waals surface area contributed by atoms with Gasteiger partial charge in [0, 0.05) is 10.5 Å². The fraction of sp³-hybridized carbons (Fsp3) is 0.0667. The Morgan fingerprint density at radius 3 is 2.86 bits per heavy atom. The molecular formula is C15H9BrN2O3. The zero-order chi connectivity index (χ0) is 14.4. The van der Waals surface area contributed by atoms with E-state index in [9.17, 15) is 4.79 Å². The van der Waals surface area contributed by atoms with Crippen LogP contribution in [0.5, 0.6) is 11.5 Å². The van der Waals surface area contributed by atoms with Gasteiger partial charge in [0.15, 0.2) is 11.5 Å². The van der Waals surface area contributed by atoms with E-state index in [1.165, 1.54) is 6.20 Å². The number of rotatable bonds is 1. The molecule has 0 radical (unpaired) electrons. The van der Waals surface area contributed by atoms with Crippen LogP contribution in [0.2, 0.25) is 0 Å². The van der Waals surface area contributed by atoms with E-state index in [0.717, 1.165) is 21.2 Å². The highest BCUT2D eigenvalue weighted by molar-refractivity contribution is 9.10. The van der Waals surface area contributed by atoms with Crippen molar-refractivity contribution in [3.63, 3.8) is 0 Å². The minimum Gasteiger partial charge on any atom is -0.454 e. The Balaban J connectivity index is 2.03. The van der Waals surface area contributed by atoms with E-state index in [1.54, 1.807) is 16.7 Å². The second-order valence-electron chi connectivity index (χ2n) is 4.60. The molecule has 6 heteroatoms. The second kappa shape index (κ2) is 4.60. The van der Waals surface area contributed by atoms with Crippen LogP contribution >= 0.6 is 15.9 Å². The Bertz CT molecular complexity index is 920. The van der Waals surface area contributed by atoms with Crippen molar-refractivity contribution in [2.24, 2.45) is 0 Å². The van der Waals surface area contributed by atoms with Crippen molar-refractivity contribution >= 4 is 27.0 Å². The molecule has 0 spiro atoms. The van der Waals surface area contributed by atoms with Crippen molar-refractivity contribution in [1.82, 2.24) is 9.55 Å². The molecule has 0 saturated heterocycles. The summed E-state index contributed by atoms with van der Waals surface area (Å²) < 4.78 is 13.2. The third-order valence-corrected chi connectivity index (χ3v) is 3.82. The van der Waals surface area contributed by atoms with Gasteiger partial charge in [0.05, 0.1) is 22.9 Å². The first-order valence-corrected chi connectivity index (χ1v) is 7.09. The number of benzene rings is 2. The number of hydrogen-bond donors (Lipinski definition) is 0. The predicted octanol–water partition coefficient (Wildman–Crippen LogP) is 2.88. The van der Waals surface area contributed by atoms with Crippen molar-refractivity contribution in [3.05, 3.63) is 57.4 Å². The van der Waals surface area contributed by atoms with E-state index < -0.39 is 0 Å². The van der Waals surface area contributed by atoms with Crippen LogP contribution in [0.3, 0.4) is 0 Å². The molecular weight excluding hydrogens is 336 g/mol. The van der Waals surface area contributed by atoms with Gasteiger partial charge < -0.3 is 9.47 Å². The van der Waals surface area contributed by atoms with Crippen LogP contribution in [0.15, 0.2) is 51.9 Å². The zero-order valence-electron chi connectivity index (χ0n) is 10.7. The molecule has 1 aromatic heterocycles. The molecule has 104 valence electrons. The standard InChI is InChI=1S/C15H9BrN2O3/c16-9-1-3-11-12(5-9)18(15(19)7-17-11)10-2-4-13-14(6-10)21-8-20-13/h1-7H,8H2. The third-order valence-electron chi connectivity index (χ3n) is 3.33. The van der Waals surface area contributed by atoms with Gasteiger partial charge in [0.25, 0.3) is 5.56 Å². The normalized spacial score (nSPS) is 12.8. The summed E-state index contributed by atoms with van der Waals surface area (Å²) in [5.41, 5.74) is 2.00. The van der Waals surface area contributed by atoms with Crippen molar-refractivity contribution in [3.8, 4) is 17.2 Å². The lowest BCUT2D eigenvalue weighted by molar-refractivity contribution is 0.174. The Kier molecular flexibility index (Phi) is 2.71. The van der Waals surface area contributed by atoms with Crippen LogP contribution in [0.25, 0.3) is 16.7 Å².